The van der Waals surface area contributed by atoms with E-state index in [4.69, 9.17) is 4.42 Å². The van der Waals surface area contributed by atoms with Gasteiger partial charge < -0.3 is 9.40 Å². The third kappa shape index (κ3) is 2.65. The van der Waals surface area contributed by atoms with Crippen LogP contribution in [-0.2, 0) is 6.42 Å². The molecule has 3 aromatic rings. The van der Waals surface area contributed by atoms with Gasteiger partial charge in [0.2, 0.25) is 11.5 Å². The highest BCUT2D eigenvalue weighted by molar-refractivity contribution is 5.78. The summed E-state index contributed by atoms with van der Waals surface area (Å²) in [6.07, 6.45) is 0.0669. The van der Waals surface area contributed by atoms with Crippen LogP contribution in [0.3, 0.4) is 0 Å². The van der Waals surface area contributed by atoms with Crippen molar-refractivity contribution >= 4 is 11.1 Å². The van der Waals surface area contributed by atoms with Crippen molar-refractivity contribution in [3.63, 3.8) is 0 Å². The molecule has 0 saturated heterocycles. The molecule has 2 aromatic heterocycles. The van der Waals surface area contributed by atoms with Crippen molar-refractivity contribution in [2.45, 2.75) is 25.2 Å². The minimum atomic E-state index is -2.56. The molecule has 6 heteroatoms. The lowest BCUT2D eigenvalue weighted by molar-refractivity contribution is -0.110. The first-order valence-corrected chi connectivity index (χ1v) is 7.46. The number of hydrogen-bond acceptors (Lipinski definition) is 3. The maximum atomic E-state index is 12.9. The predicted octanol–water partition coefficient (Wildman–Crippen LogP) is 3.77. The van der Waals surface area contributed by atoms with Crippen molar-refractivity contribution in [3.05, 3.63) is 52.6 Å². The van der Waals surface area contributed by atoms with Gasteiger partial charge in [0.25, 0.3) is 5.56 Å². The number of rotatable bonds is 3. The van der Waals surface area contributed by atoms with Crippen molar-refractivity contribution in [3.8, 4) is 11.3 Å². The van der Waals surface area contributed by atoms with Gasteiger partial charge in [-0.25, -0.2) is 13.8 Å². The molecule has 23 heavy (non-hydrogen) atoms. The van der Waals surface area contributed by atoms with Crippen LogP contribution in [0.1, 0.15) is 18.7 Å². The van der Waals surface area contributed by atoms with E-state index in [1.54, 1.807) is 6.07 Å². The number of halogens is 2. The number of aromatic amines is 1. The molecule has 0 unspecified atom stereocenters. The lowest BCUT2D eigenvalue weighted by Gasteiger charge is -2.34. The zero-order chi connectivity index (χ0) is 16.0. The van der Waals surface area contributed by atoms with Crippen molar-refractivity contribution in [1.82, 2.24) is 9.97 Å². The van der Waals surface area contributed by atoms with E-state index in [-0.39, 0.29) is 29.9 Å². The summed E-state index contributed by atoms with van der Waals surface area (Å²) in [6.45, 7) is 0. The Morgan fingerprint density at radius 2 is 2.00 bits per heavy atom. The largest absolute Gasteiger partial charge is 0.449 e. The number of fused-ring (bicyclic) bond motifs is 1. The predicted molar refractivity (Wildman–Crippen MR) is 81.4 cm³/mol. The molecule has 0 aliphatic heterocycles. The van der Waals surface area contributed by atoms with E-state index in [1.165, 1.54) is 0 Å². The van der Waals surface area contributed by atoms with E-state index < -0.39 is 5.92 Å². The Morgan fingerprint density at radius 3 is 2.70 bits per heavy atom. The fourth-order valence-corrected chi connectivity index (χ4v) is 3.03. The highest BCUT2D eigenvalue weighted by Crippen LogP contribution is 2.43. The van der Waals surface area contributed by atoms with Gasteiger partial charge in [0, 0.05) is 30.9 Å². The molecular weight excluding hydrogens is 302 g/mol. The molecule has 0 amide bonds. The molecule has 4 rings (SSSR count). The van der Waals surface area contributed by atoms with E-state index in [2.05, 4.69) is 9.97 Å². The van der Waals surface area contributed by atoms with Gasteiger partial charge in [-0.15, -0.1) is 0 Å². The number of H-pyrrole nitrogens is 1. The fraction of sp³-hybridized carbons (Fsp3) is 0.294. The van der Waals surface area contributed by atoms with Crippen LogP contribution in [0.25, 0.3) is 22.4 Å². The number of furan rings is 1. The fourth-order valence-electron chi connectivity index (χ4n) is 3.03. The molecule has 2 heterocycles. The lowest BCUT2D eigenvalue weighted by Crippen LogP contribution is -2.37. The molecule has 0 atom stereocenters. The maximum Gasteiger partial charge on any atom is 0.294 e. The van der Waals surface area contributed by atoms with Crippen molar-refractivity contribution < 1.29 is 13.2 Å². The van der Waals surface area contributed by atoms with E-state index in [0.29, 0.717) is 23.5 Å². The first-order chi connectivity index (χ1) is 11.0. The molecule has 4 nitrogen and oxygen atoms in total. The summed E-state index contributed by atoms with van der Waals surface area (Å²) in [7, 11) is 0. The van der Waals surface area contributed by atoms with Gasteiger partial charge in [-0.1, -0.05) is 30.3 Å². The first-order valence-electron chi connectivity index (χ1n) is 7.46. The number of nitrogens with one attached hydrogen (secondary N) is 1. The van der Waals surface area contributed by atoms with Crippen LogP contribution in [0.4, 0.5) is 8.78 Å². The topological polar surface area (TPSA) is 58.9 Å². The zero-order valence-electron chi connectivity index (χ0n) is 12.2. The minimum Gasteiger partial charge on any atom is -0.449 e. The standard InChI is InChI=1S/C17H14F2N2O2/c18-17(19)8-10(9-17)6-14-20-12-7-13(11-4-2-1-3-5-11)23-15(12)16(22)21-14/h1-5,7,10H,6,8-9H2,(H,20,21,22). The van der Waals surface area contributed by atoms with Gasteiger partial charge in [0.15, 0.2) is 0 Å². The highest BCUT2D eigenvalue weighted by Gasteiger charge is 2.45. The quantitative estimate of drug-likeness (QED) is 0.800. The average molecular weight is 316 g/mol. The third-order valence-corrected chi connectivity index (χ3v) is 4.15. The molecule has 1 N–H and O–H groups in total. The van der Waals surface area contributed by atoms with Crippen LogP contribution >= 0.6 is 0 Å². The van der Waals surface area contributed by atoms with Crippen LogP contribution in [0.2, 0.25) is 0 Å². The Hall–Kier alpha value is -2.50. The van der Waals surface area contributed by atoms with Gasteiger partial charge >= 0.3 is 0 Å². The molecule has 1 aromatic carbocycles. The molecule has 1 fully saturated rings. The number of aromatic nitrogens is 2. The third-order valence-electron chi connectivity index (χ3n) is 4.15. The second-order valence-corrected chi connectivity index (χ2v) is 6.04. The van der Waals surface area contributed by atoms with Crippen LogP contribution in [-0.4, -0.2) is 15.9 Å². The zero-order valence-corrected chi connectivity index (χ0v) is 12.2. The van der Waals surface area contributed by atoms with Crippen molar-refractivity contribution in [1.29, 1.82) is 0 Å². The van der Waals surface area contributed by atoms with Gasteiger partial charge in [-0.2, -0.15) is 0 Å². The van der Waals surface area contributed by atoms with Gasteiger partial charge in [-0.3, -0.25) is 4.79 Å². The second kappa shape index (κ2) is 5.01. The molecule has 0 bridgehead atoms. The lowest BCUT2D eigenvalue weighted by atomic mass is 9.79. The van der Waals surface area contributed by atoms with Gasteiger partial charge in [0.1, 0.15) is 17.1 Å². The van der Waals surface area contributed by atoms with Crippen molar-refractivity contribution in [2.75, 3.05) is 0 Å². The smallest absolute Gasteiger partial charge is 0.294 e. The first kappa shape index (κ1) is 14.1. The summed E-state index contributed by atoms with van der Waals surface area (Å²) < 4.78 is 31.4. The number of nitrogens with zero attached hydrogens (tertiary/aromatic N) is 1. The van der Waals surface area contributed by atoms with E-state index in [9.17, 15) is 13.6 Å². The van der Waals surface area contributed by atoms with Crippen LogP contribution < -0.4 is 5.56 Å². The van der Waals surface area contributed by atoms with E-state index in [1.807, 2.05) is 30.3 Å². The molecule has 1 aliphatic rings. The Labute approximate surface area is 130 Å². The average Bonchev–Trinajstić information content (AvgIpc) is 2.91. The molecule has 1 aliphatic carbocycles. The van der Waals surface area contributed by atoms with Crippen LogP contribution in [0.5, 0.6) is 0 Å². The normalized spacial score (nSPS) is 17.3. The van der Waals surface area contributed by atoms with Crippen molar-refractivity contribution in [2.24, 2.45) is 5.92 Å². The number of benzene rings is 1. The number of alkyl halides is 2. The SMILES string of the molecule is O=c1[nH]c(CC2CC(F)(F)C2)nc2cc(-c3ccccc3)oc12. The molecule has 1 saturated carbocycles. The highest BCUT2D eigenvalue weighted by atomic mass is 19.3. The Kier molecular flexibility index (Phi) is 3.07. The van der Waals surface area contributed by atoms with Gasteiger partial charge in [0.05, 0.1) is 0 Å². The van der Waals surface area contributed by atoms with Crippen LogP contribution in [0.15, 0.2) is 45.6 Å². The summed E-state index contributed by atoms with van der Waals surface area (Å²) in [4.78, 5) is 19.1. The molecular formula is C17H14F2N2O2. The van der Waals surface area contributed by atoms with E-state index in [0.717, 1.165) is 5.56 Å². The Morgan fingerprint density at radius 1 is 1.26 bits per heavy atom. The Balaban J connectivity index is 1.66. The molecule has 118 valence electrons. The summed E-state index contributed by atoms with van der Waals surface area (Å²) in [5.41, 5.74) is 1.09. The monoisotopic (exact) mass is 316 g/mol. The summed E-state index contributed by atoms with van der Waals surface area (Å²) in [5.74, 6) is -1.70. The minimum absolute atomic E-state index is 0.133. The Bertz CT molecular complexity index is 907. The number of hydrogen-bond donors (Lipinski definition) is 1. The molecule has 0 spiro atoms. The molecule has 0 radical (unpaired) electrons. The second-order valence-electron chi connectivity index (χ2n) is 6.04. The summed E-state index contributed by atoms with van der Waals surface area (Å²) in [5, 5.41) is 0. The summed E-state index contributed by atoms with van der Waals surface area (Å²) >= 11 is 0. The van der Waals surface area contributed by atoms with E-state index >= 15 is 0 Å². The van der Waals surface area contributed by atoms with Crippen LogP contribution in [0, 0.1) is 5.92 Å². The maximum absolute atomic E-state index is 12.9. The summed E-state index contributed by atoms with van der Waals surface area (Å²) in [6, 6.07) is 11.1. The van der Waals surface area contributed by atoms with Gasteiger partial charge in [-0.05, 0) is 5.92 Å².